The van der Waals surface area contributed by atoms with Crippen LogP contribution in [-0.2, 0) is 20.7 Å². The molecule has 140 valence electrons. The topological polar surface area (TPSA) is 103 Å². The Morgan fingerprint density at radius 2 is 1.72 bits per heavy atom. The van der Waals surface area contributed by atoms with E-state index in [1.165, 1.54) is 14.2 Å². The van der Waals surface area contributed by atoms with E-state index in [1.54, 1.807) is 32.0 Å². The summed E-state index contributed by atoms with van der Waals surface area (Å²) in [7, 11) is 3.02. The van der Waals surface area contributed by atoms with Crippen LogP contribution in [0.4, 0.5) is 4.79 Å². The minimum Gasteiger partial charge on any atom is -0.493 e. The number of esters is 1. The summed E-state index contributed by atoms with van der Waals surface area (Å²) in [6, 6.07) is 4.23. The van der Waals surface area contributed by atoms with Gasteiger partial charge in [-0.1, -0.05) is 6.07 Å². The number of carbonyl (C=O) groups excluding carboxylic acids is 2. The van der Waals surface area contributed by atoms with Crippen LogP contribution < -0.4 is 14.8 Å². The molecule has 0 radical (unpaired) electrons. The molecule has 8 heteroatoms. The van der Waals surface area contributed by atoms with Gasteiger partial charge in [-0.05, 0) is 38.0 Å². The van der Waals surface area contributed by atoms with Crippen molar-refractivity contribution < 1.29 is 33.6 Å². The van der Waals surface area contributed by atoms with Gasteiger partial charge in [0.15, 0.2) is 17.6 Å². The van der Waals surface area contributed by atoms with Gasteiger partial charge >= 0.3 is 12.1 Å². The smallest absolute Gasteiger partial charge is 0.407 e. The zero-order chi connectivity index (χ0) is 18.8. The highest BCUT2D eigenvalue weighted by atomic mass is 16.6. The Bertz CT molecular complexity index is 576. The van der Waals surface area contributed by atoms with Crippen molar-refractivity contribution in [1.29, 1.82) is 0 Å². The fourth-order valence-electron chi connectivity index (χ4n) is 2.22. The van der Waals surface area contributed by atoms with Gasteiger partial charge < -0.3 is 29.4 Å². The van der Waals surface area contributed by atoms with E-state index in [2.05, 4.69) is 5.32 Å². The van der Waals surface area contributed by atoms with Gasteiger partial charge in [-0.25, -0.2) is 9.59 Å². The van der Waals surface area contributed by atoms with Crippen LogP contribution in [0.25, 0.3) is 0 Å². The minimum atomic E-state index is -1.53. The maximum Gasteiger partial charge on any atom is 0.407 e. The van der Waals surface area contributed by atoms with Gasteiger partial charge in [0.1, 0.15) is 0 Å². The number of methoxy groups -OCH3 is 2. The predicted molar refractivity (Wildman–Crippen MR) is 89.8 cm³/mol. The van der Waals surface area contributed by atoms with Crippen molar-refractivity contribution in [2.24, 2.45) is 0 Å². The van der Waals surface area contributed by atoms with E-state index in [0.29, 0.717) is 11.5 Å². The van der Waals surface area contributed by atoms with Crippen LogP contribution in [0.1, 0.15) is 19.4 Å². The van der Waals surface area contributed by atoms with E-state index in [4.69, 9.17) is 18.9 Å². The molecule has 0 bridgehead atoms. The standard InChI is InChI=1S/C17H25NO7/c1-5-24-16(20)15(19)12(18-17(21)25-6-2)9-11-7-8-13(22-3)14(10-11)23-4/h7-8,10,12,15,19H,5-6,9H2,1-4H3,(H,18,21). The number of carbonyl (C=O) groups is 2. The molecule has 0 fully saturated rings. The van der Waals surface area contributed by atoms with Gasteiger partial charge in [-0.2, -0.15) is 0 Å². The number of rotatable bonds is 9. The minimum absolute atomic E-state index is 0.123. The summed E-state index contributed by atoms with van der Waals surface area (Å²) in [5.41, 5.74) is 0.725. The van der Waals surface area contributed by atoms with Crippen LogP contribution >= 0.6 is 0 Å². The number of amides is 1. The molecule has 0 spiro atoms. The van der Waals surface area contributed by atoms with E-state index in [-0.39, 0.29) is 19.6 Å². The molecule has 1 rings (SSSR count). The van der Waals surface area contributed by atoms with Gasteiger partial charge in [0.25, 0.3) is 0 Å². The summed E-state index contributed by atoms with van der Waals surface area (Å²) in [6.07, 6.45) is -2.09. The molecule has 0 aliphatic heterocycles. The molecular weight excluding hydrogens is 330 g/mol. The van der Waals surface area contributed by atoms with E-state index in [1.807, 2.05) is 0 Å². The number of nitrogens with one attached hydrogen (secondary N) is 1. The Morgan fingerprint density at radius 3 is 2.28 bits per heavy atom. The van der Waals surface area contributed by atoms with Crippen LogP contribution in [0.15, 0.2) is 18.2 Å². The van der Waals surface area contributed by atoms with Crippen molar-refractivity contribution in [2.75, 3.05) is 27.4 Å². The number of aliphatic hydroxyl groups excluding tert-OH is 1. The van der Waals surface area contributed by atoms with Gasteiger partial charge in [-0.15, -0.1) is 0 Å². The first-order valence-electron chi connectivity index (χ1n) is 7.95. The molecule has 0 saturated heterocycles. The Kier molecular flexibility index (Phi) is 8.55. The Hall–Kier alpha value is -2.48. The summed E-state index contributed by atoms with van der Waals surface area (Å²) >= 11 is 0. The summed E-state index contributed by atoms with van der Waals surface area (Å²) in [5, 5.41) is 12.7. The number of aliphatic hydroxyl groups is 1. The van der Waals surface area contributed by atoms with Gasteiger partial charge in [0.2, 0.25) is 0 Å². The quantitative estimate of drug-likeness (QED) is 0.643. The molecule has 1 amide bonds. The fraction of sp³-hybridized carbons (Fsp3) is 0.529. The number of benzene rings is 1. The first-order chi connectivity index (χ1) is 12.0. The third-order valence-electron chi connectivity index (χ3n) is 3.39. The average molecular weight is 355 g/mol. The SMILES string of the molecule is CCOC(=O)NC(Cc1ccc(OC)c(OC)c1)C(O)C(=O)OCC. The molecule has 8 nitrogen and oxygen atoms in total. The van der Waals surface area contributed by atoms with E-state index in [9.17, 15) is 14.7 Å². The lowest BCUT2D eigenvalue weighted by Crippen LogP contribution is -2.49. The number of alkyl carbamates (subject to hydrolysis) is 1. The molecule has 1 aromatic rings. The highest BCUT2D eigenvalue weighted by Gasteiger charge is 2.29. The molecule has 2 N–H and O–H groups in total. The van der Waals surface area contributed by atoms with Crippen molar-refractivity contribution in [3.05, 3.63) is 23.8 Å². The van der Waals surface area contributed by atoms with E-state index < -0.39 is 24.2 Å². The lowest BCUT2D eigenvalue weighted by atomic mass is 10.0. The Morgan fingerprint density at radius 1 is 1.08 bits per heavy atom. The molecule has 25 heavy (non-hydrogen) atoms. The summed E-state index contributed by atoms with van der Waals surface area (Å²) < 4.78 is 20.0. The highest BCUT2D eigenvalue weighted by molar-refractivity contribution is 5.77. The lowest BCUT2D eigenvalue weighted by Gasteiger charge is -2.23. The maximum absolute atomic E-state index is 11.8. The van der Waals surface area contributed by atoms with E-state index in [0.717, 1.165) is 5.56 Å². The molecule has 0 saturated carbocycles. The zero-order valence-electron chi connectivity index (χ0n) is 14.9. The second-order valence-corrected chi connectivity index (χ2v) is 5.06. The van der Waals surface area contributed by atoms with Crippen molar-refractivity contribution in [2.45, 2.75) is 32.4 Å². The molecule has 2 atom stereocenters. The fourth-order valence-corrected chi connectivity index (χ4v) is 2.22. The molecule has 1 aromatic carbocycles. The molecule has 0 heterocycles. The highest BCUT2D eigenvalue weighted by Crippen LogP contribution is 2.28. The second-order valence-electron chi connectivity index (χ2n) is 5.06. The number of ether oxygens (including phenoxy) is 4. The van der Waals surface area contributed by atoms with Gasteiger partial charge in [0.05, 0.1) is 33.5 Å². The zero-order valence-corrected chi connectivity index (χ0v) is 14.9. The van der Waals surface area contributed by atoms with Crippen molar-refractivity contribution in [3.63, 3.8) is 0 Å². The first kappa shape index (κ1) is 20.6. The maximum atomic E-state index is 11.8. The van der Waals surface area contributed by atoms with Crippen molar-refractivity contribution >= 4 is 12.1 Å². The first-order valence-corrected chi connectivity index (χ1v) is 7.95. The van der Waals surface area contributed by atoms with Crippen LogP contribution in [0.2, 0.25) is 0 Å². The molecular formula is C17H25NO7. The summed E-state index contributed by atoms with van der Waals surface area (Å²) in [5.74, 6) is 0.234. The monoisotopic (exact) mass is 355 g/mol. The largest absolute Gasteiger partial charge is 0.493 e. The second kappa shape index (κ2) is 10.4. The van der Waals surface area contributed by atoms with Crippen molar-refractivity contribution in [3.8, 4) is 11.5 Å². The molecule has 0 aliphatic carbocycles. The lowest BCUT2D eigenvalue weighted by molar-refractivity contribution is -0.154. The molecule has 2 unspecified atom stereocenters. The predicted octanol–water partition coefficient (Wildman–Crippen LogP) is 1.28. The summed E-state index contributed by atoms with van der Waals surface area (Å²) in [4.78, 5) is 23.5. The molecule has 0 aliphatic rings. The van der Waals surface area contributed by atoms with E-state index >= 15 is 0 Å². The third kappa shape index (κ3) is 6.15. The third-order valence-corrected chi connectivity index (χ3v) is 3.39. The normalized spacial score (nSPS) is 12.7. The molecule has 0 aromatic heterocycles. The van der Waals surface area contributed by atoms with Crippen molar-refractivity contribution in [1.82, 2.24) is 5.32 Å². The van der Waals surface area contributed by atoms with Gasteiger partial charge in [0, 0.05) is 0 Å². The number of hydrogen-bond donors (Lipinski definition) is 2. The Labute approximate surface area is 147 Å². The average Bonchev–Trinajstić information content (AvgIpc) is 2.60. The number of hydrogen-bond acceptors (Lipinski definition) is 7. The van der Waals surface area contributed by atoms with Crippen LogP contribution in [0.5, 0.6) is 11.5 Å². The Balaban J connectivity index is 2.98. The van der Waals surface area contributed by atoms with Gasteiger partial charge in [-0.3, -0.25) is 0 Å². The van der Waals surface area contributed by atoms with Crippen LogP contribution in [0.3, 0.4) is 0 Å². The van der Waals surface area contributed by atoms with Crippen LogP contribution in [0, 0.1) is 0 Å². The summed E-state index contributed by atoms with van der Waals surface area (Å²) in [6.45, 7) is 3.58. The van der Waals surface area contributed by atoms with Crippen LogP contribution in [-0.4, -0.2) is 56.7 Å².